The molecule has 0 radical (unpaired) electrons. The summed E-state index contributed by atoms with van der Waals surface area (Å²) in [5.41, 5.74) is 0.379. The highest BCUT2D eigenvalue weighted by molar-refractivity contribution is 6.03. The summed E-state index contributed by atoms with van der Waals surface area (Å²) in [5, 5.41) is 0. The van der Waals surface area contributed by atoms with Crippen molar-refractivity contribution in [3.8, 4) is 5.75 Å². The fourth-order valence-electron chi connectivity index (χ4n) is 3.83. The number of hydrogen-bond donors (Lipinski definition) is 0. The van der Waals surface area contributed by atoms with E-state index in [1.165, 1.54) is 7.11 Å². The number of ether oxygens (including phenoxy) is 4. The molecule has 1 aromatic carbocycles. The molecule has 2 aliphatic rings. The fraction of sp³-hybridized carbons (Fsp3) is 0.500. The molecule has 1 saturated heterocycles. The standard InChI is InChI=1S/C22H27NO7/c1-12-16(20(25)28-6)17(18(30-12)13-7-9-14(27-5)10-8-13)19(24)23-15(22(2,3)4)11-29-21(23)26/h7-10,15,17-18H,11H2,1-6H3/t15-,17-,18+/m1/s1. The van der Waals surface area contributed by atoms with Crippen LogP contribution in [0.5, 0.6) is 5.75 Å². The summed E-state index contributed by atoms with van der Waals surface area (Å²) in [6.45, 7) is 7.49. The molecule has 3 rings (SSSR count). The van der Waals surface area contributed by atoms with Crippen LogP contribution in [-0.4, -0.2) is 49.7 Å². The molecule has 2 amide bonds. The number of carbonyl (C=O) groups excluding carboxylic acids is 3. The Balaban J connectivity index is 2.05. The Labute approximate surface area is 175 Å². The van der Waals surface area contributed by atoms with E-state index in [1.807, 2.05) is 20.8 Å². The Bertz CT molecular complexity index is 882. The first-order valence-electron chi connectivity index (χ1n) is 9.69. The van der Waals surface area contributed by atoms with Gasteiger partial charge in [0, 0.05) is 0 Å². The molecule has 8 heteroatoms. The number of nitrogens with zero attached hydrogens (tertiary/aromatic N) is 1. The smallest absolute Gasteiger partial charge is 0.417 e. The minimum atomic E-state index is -1.04. The van der Waals surface area contributed by atoms with Gasteiger partial charge in [-0.25, -0.2) is 14.5 Å². The van der Waals surface area contributed by atoms with Gasteiger partial charge >= 0.3 is 12.1 Å². The van der Waals surface area contributed by atoms with Crippen LogP contribution in [0.25, 0.3) is 0 Å². The molecule has 1 aromatic rings. The third kappa shape index (κ3) is 3.74. The Morgan fingerprint density at radius 2 is 1.77 bits per heavy atom. The molecule has 8 nitrogen and oxygen atoms in total. The molecule has 1 fully saturated rings. The van der Waals surface area contributed by atoms with Crippen molar-refractivity contribution in [1.82, 2.24) is 4.90 Å². The minimum absolute atomic E-state index is 0.102. The lowest BCUT2D eigenvalue weighted by molar-refractivity contribution is -0.142. The highest BCUT2D eigenvalue weighted by atomic mass is 16.6. The zero-order chi connectivity index (χ0) is 22.2. The summed E-state index contributed by atoms with van der Waals surface area (Å²) < 4.78 is 21.2. The van der Waals surface area contributed by atoms with Gasteiger partial charge in [-0.3, -0.25) is 4.79 Å². The van der Waals surface area contributed by atoms with Crippen molar-refractivity contribution in [1.29, 1.82) is 0 Å². The van der Waals surface area contributed by atoms with Gasteiger partial charge in [-0.15, -0.1) is 0 Å². The maximum absolute atomic E-state index is 13.7. The predicted octanol–water partition coefficient (Wildman–Crippen LogP) is 3.22. The third-order valence-corrected chi connectivity index (χ3v) is 5.52. The molecule has 0 unspecified atom stereocenters. The molecule has 2 heterocycles. The summed E-state index contributed by atoms with van der Waals surface area (Å²) in [6.07, 6.45) is -1.51. The van der Waals surface area contributed by atoms with Crippen molar-refractivity contribution in [2.24, 2.45) is 11.3 Å². The van der Waals surface area contributed by atoms with E-state index in [2.05, 4.69) is 0 Å². The Morgan fingerprint density at radius 3 is 2.30 bits per heavy atom. The number of methoxy groups -OCH3 is 2. The van der Waals surface area contributed by atoms with Crippen LogP contribution in [0.15, 0.2) is 35.6 Å². The number of benzene rings is 1. The van der Waals surface area contributed by atoms with E-state index in [0.717, 1.165) is 4.90 Å². The summed E-state index contributed by atoms with van der Waals surface area (Å²) >= 11 is 0. The van der Waals surface area contributed by atoms with Gasteiger partial charge in [-0.05, 0) is 30.0 Å². The second kappa shape index (κ2) is 8.01. The average molecular weight is 417 g/mol. The molecule has 3 atom stereocenters. The maximum Gasteiger partial charge on any atom is 0.417 e. The largest absolute Gasteiger partial charge is 0.497 e. The Hall–Kier alpha value is -3.03. The first kappa shape index (κ1) is 21.7. The van der Waals surface area contributed by atoms with Crippen LogP contribution >= 0.6 is 0 Å². The predicted molar refractivity (Wildman–Crippen MR) is 106 cm³/mol. The molecule has 0 saturated carbocycles. The van der Waals surface area contributed by atoms with E-state index in [0.29, 0.717) is 17.1 Å². The van der Waals surface area contributed by atoms with Gasteiger partial charge in [0.05, 0.1) is 25.8 Å². The SMILES string of the molecule is COC(=O)C1=C(C)O[C@@H](c2ccc(OC)cc2)[C@@H]1C(=O)N1C(=O)OC[C@@H]1C(C)(C)C. The van der Waals surface area contributed by atoms with E-state index < -0.39 is 41.4 Å². The number of amides is 2. The molecule has 162 valence electrons. The topological polar surface area (TPSA) is 91.4 Å². The molecule has 0 aliphatic carbocycles. The quantitative estimate of drug-likeness (QED) is 0.695. The van der Waals surface area contributed by atoms with Crippen molar-refractivity contribution in [2.75, 3.05) is 20.8 Å². The van der Waals surface area contributed by atoms with Crippen LogP contribution < -0.4 is 4.74 Å². The summed E-state index contributed by atoms with van der Waals surface area (Å²) in [6, 6.07) is 6.55. The Kier molecular flexibility index (Phi) is 5.78. The third-order valence-electron chi connectivity index (χ3n) is 5.52. The fourth-order valence-corrected chi connectivity index (χ4v) is 3.83. The molecule has 0 aromatic heterocycles. The number of allylic oxidation sites excluding steroid dienone is 1. The van der Waals surface area contributed by atoms with Crippen LogP contribution in [0.4, 0.5) is 4.79 Å². The number of imide groups is 1. The van der Waals surface area contributed by atoms with Crippen molar-refractivity contribution in [2.45, 2.75) is 39.8 Å². The molecule has 2 aliphatic heterocycles. The van der Waals surface area contributed by atoms with Crippen LogP contribution in [0, 0.1) is 11.3 Å². The first-order valence-corrected chi connectivity index (χ1v) is 9.69. The van der Waals surface area contributed by atoms with E-state index in [-0.39, 0.29) is 12.2 Å². The van der Waals surface area contributed by atoms with Gasteiger partial charge in [0.1, 0.15) is 30.1 Å². The molecule has 30 heavy (non-hydrogen) atoms. The molecule has 0 bridgehead atoms. The van der Waals surface area contributed by atoms with Crippen LogP contribution in [0.2, 0.25) is 0 Å². The minimum Gasteiger partial charge on any atom is -0.497 e. The molecular weight excluding hydrogens is 390 g/mol. The summed E-state index contributed by atoms with van der Waals surface area (Å²) in [7, 11) is 2.80. The van der Waals surface area contributed by atoms with Crippen LogP contribution in [0.3, 0.4) is 0 Å². The first-order chi connectivity index (χ1) is 14.1. The lowest BCUT2D eigenvalue weighted by atomic mass is 9.84. The Morgan fingerprint density at radius 1 is 1.13 bits per heavy atom. The molecular formula is C22H27NO7. The van der Waals surface area contributed by atoms with Gasteiger partial charge in [-0.2, -0.15) is 0 Å². The summed E-state index contributed by atoms with van der Waals surface area (Å²) in [5.74, 6) is -1.31. The normalized spacial score (nSPS) is 23.9. The number of rotatable bonds is 4. The highest BCUT2D eigenvalue weighted by Crippen LogP contribution is 2.44. The number of esters is 1. The van der Waals surface area contributed by atoms with Crippen molar-refractivity contribution in [3.63, 3.8) is 0 Å². The van der Waals surface area contributed by atoms with Crippen LogP contribution in [-0.2, 0) is 23.8 Å². The maximum atomic E-state index is 13.7. The monoisotopic (exact) mass is 417 g/mol. The zero-order valence-electron chi connectivity index (χ0n) is 18.1. The van der Waals surface area contributed by atoms with Crippen LogP contribution in [0.1, 0.15) is 39.4 Å². The van der Waals surface area contributed by atoms with Gasteiger partial charge in [0.2, 0.25) is 5.91 Å². The van der Waals surface area contributed by atoms with Gasteiger partial charge in [0.15, 0.2) is 0 Å². The second-order valence-corrected chi connectivity index (χ2v) is 8.42. The van der Waals surface area contributed by atoms with Gasteiger partial charge in [-0.1, -0.05) is 32.9 Å². The number of carbonyl (C=O) groups is 3. The second-order valence-electron chi connectivity index (χ2n) is 8.42. The van der Waals surface area contributed by atoms with E-state index >= 15 is 0 Å². The molecule has 0 N–H and O–H groups in total. The van der Waals surface area contributed by atoms with Crippen molar-refractivity contribution >= 4 is 18.0 Å². The average Bonchev–Trinajstić information content (AvgIpc) is 3.27. The van der Waals surface area contributed by atoms with Gasteiger partial charge in [0.25, 0.3) is 0 Å². The highest BCUT2D eigenvalue weighted by Gasteiger charge is 2.52. The van der Waals surface area contributed by atoms with Gasteiger partial charge < -0.3 is 18.9 Å². The van der Waals surface area contributed by atoms with E-state index in [9.17, 15) is 14.4 Å². The van der Waals surface area contributed by atoms with Crippen molar-refractivity contribution in [3.05, 3.63) is 41.2 Å². The van der Waals surface area contributed by atoms with Crippen molar-refractivity contribution < 1.29 is 33.3 Å². The lowest BCUT2D eigenvalue weighted by Crippen LogP contribution is -2.49. The van der Waals surface area contributed by atoms with E-state index in [4.69, 9.17) is 18.9 Å². The zero-order valence-corrected chi connectivity index (χ0v) is 18.1. The lowest BCUT2D eigenvalue weighted by Gasteiger charge is -2.33. The number of hydrogen-bond acceptors (Lipinski definition) is 7. The number of cyclic esters (lactones) is 1. The molecule has 0 spiro atoms. The van der Waals surface area contributed by atoms with E-state index in [1.54, 1.807) is 38.3 Å². The summed E-state index contributed by atoms with van der Waals surface area (Å²) in [4.78, 5) is 39.8.